The van der Waals surface area contributed by atoms with Gasteiger partial charge in [0.25, 0.3) is 0 Å². The molecular weight excluding hydrogens is 379 g/mol. The summed E-state index contributed by atoms with van der Waals surface area (Å²) in [6, 6.07) is 5.35. The molecule has 0 saturated carbocycles. The lowest BCUT2D eigenvalue weighted by Gasteiger charge is -2.16. The molecule has 0 radical (unpaired) electrons. The molecule has 0 saturated heterocycles. The van der Waals surface area contributed by atoms with E-state index in [4.69, 9.17) is 15.2 Å². The summed E-state index contributed by atoms with van der Waals surface area (Å²) in [6.07, 6.45) is 2.52. The van der Waals surface area contributed by atoms with Gasteiger partial charge in [-0.3, -0.25) is 4.98 Å². The fraction of sp³-hybridized carbons (Fsp3) is 0.125. The molecule has 3 N–H and O–H groups in total. The van der Waals surface area contributed by atoms with Crippen LogP contribution in [0.5, 0.6) is 11.5 Å². The molecular formula is C16H14BrFN4O2. The summed E-state index contributed by atoms with van der Waals surface area (Å²) in [5.74, 6) is 0.373. The Hall–Kier alpha value is -2.61. The second-order valence-corrected chi connectivity index (χ2v) is 5.65. The van der Waals surface area contributed by atoms with Crippen molar-refractivity contribution in [3.05, 3.63) is 41.0 Å². The summed E-state index contributed by atoms with van der Waals surface area (Å²) < 4.78 is 25.0. The predicted octanol–water partition coefficient (Wildman–Crippen LogP) is 3.87. The van der Waals surface area contributed by atoms with E-state index in [2.05, 4.69) is 31.2 Å². The molecule has 0 fully saturated rings. The standard InChI is InChI=1S/C16H14BrFN4O2/c1-23-8-3-4-9-11(5-8)21-16(17)13(19)14(9)22-15-10(18)6-20-7-12(15)24-2/h3-7H,19H2,1-2H3,(H,20,21,22). The zero-order valence-corrected chi connectivity index (χ0v) is 14.5. The molecule has 0 aliphatic carbocycles. The molecule has 8 heteroatoms. The van der Waals surface area contributed by atoms with Crippen LogP contribution in [0.3, 0.4) is 0 Å². The largest absolute Gasteiger partial charge is 0.497 e. The lowest BCUT2D eigenvalue weighted by Crippen LogP contribution is -2.04. The number of anilines is 3. The van der Waals surface area contributed by atoms with E-state index in [0.29, 0.717) is 27.2 Å². The fourth-order valence-corrected chi connectivity index (χ4v) is 2.70. The molecule has 6 nitrogen and oxygen atoms in total. The van der Waals surface area contributed by atoms with Crippen LogP contribution in [-0.4, -0.2) is 24.2 Å². The lowest BCUT2D eigenvalue weighted by molar-refractivity contribution is 0.411. The monoisotopic (exact) mass is 392 g/mol. The number of hydrogen-bond donors (Lipinski definition) is 2. The van der Waals surface area contributed by atoms with Crippen LogP contribution in [-0.2, 0) is 0 Å². The van der Waals surface area contributed by atoms with E-state index < -0.39 is 5.82 Å². The van der Waals surface area contributed by atoms with Gasteiger partial charge in [-0.05, 0) is 28.1 Å². The van der Waals surface area contributed by atoms with Crippen molar-refractivity contribution in [2.45, 2.75) is 0 Å². The van der Waals surface area contributed by atoms with Gasteiger partial charge in [-0.15, -0.1) is 0 Å². The van der Waals surface area contributed by atoms with E-state index in [1.807, 2.05) is 0 Å². The van der Waals surface area contributed by atoms with Crippen molar-refractivity contribution in [2.75, 3.05) is 25.3 Å². The van der Waals surface area contributed by atoms with Crippen molar-refractivity contribution in [1.29, 1.82) is 0 Å². The van der Waals surface area contributed by atoms with Crippen molar-refractivity contribution in [3.8, 4) is 11.5 Å². The highest BCUT2D eigenvalue weighted by Crippen LogP contribution is 2.39. The summed E-state index contributed by atoms with van der Waals surface area (Å²) >= 11 is 3.33. The van der Waals surface area contributed by atoms with Gasteiger partial charge in [-0.25, -0.2) is 9.37 Å². The van der Waals surface area contributed by atoms with Crippen molar-refractivity contribution >= 4 is 43.9 Å². The van der Waals surface area contributed by atoms with Crippen LogP contribution in [0.15, 0.2) is 35.2 Å². The van der Waals surface area contributed by atoms with Gasteiger partial charge in [0.05, 0.1) is 43.5 Å². The number of pyridine rings is 2. The molecule has 0 atom stereocenters. The number of nitrogens with two attached hydrogens (primary N) is 1. The van der Waals surface area contributed by atoms with Gasteiger partial charge in [0.2, 0.25) is 0 Å². The third-order valence-corrected chi connectivity index (χ3v) is 4.12. The normalized spacial score (nSPS) is 10.7. The summed E-state index contributed by atoms with van der Waals surface area (Å²) in [5.41, 5.74) is 7.78. The third kappa shape index (κ3) is 2.80. The van der Waals surface area contributed by atoms with Crippen molar-refractivity contribution < 1.29 is 13.9 Å². The Bertz CT molecular complexity index is 920. The van der Waals surface area contributed by atoms with Gasteiger partial charge in [0.1, 0.15) is 16.0 Å². The average Bonchev–Trinajstić information content (AvgIpc) is 2.59. The van der Waals surface area contributed by atoms with E-state index in [1.54, 1.807) is 25.3 Å². The first-order valence-electron chi connectivity index (χ1n) is 6.92. The summed E-state index contributed by atoms with van der Waals surface area (Å²) in [5, 5.41) is 3.72. The number of nitrogen functional groups attached to an aromatic ring is 1. The highest BCUT2D eigenvalue weighted by Gasteiger charge is 2.16. The minimum atomic E-state index is -0.552. The maximum Gasteiger partial charge on any atom is 0.168 e. The zero-order valence-electron chi connectivity index (χ0n) is 12.9. The molecule has 0 amide bonds. The third-order valence-electron chi connectivity index (χ3n) is 3.52. The molecule has 3 rings (SSSR count). The molecule has 124 valence electrons. The molecule has 0 unspecified atom stereocenters. The Morgan fingerprint density at radius 2 is 1.96 bits per heavy atom. The number of aromatic nitrogens is 2. The van der Waals surface area contributed by atoms with E-state index in [0.717, 1.165) is 11.6 Å². The number of nitrogens with one attached hydrogen (secondary N) is 1. The topological polar surface area (TPSA) is 82.3 Å². The molecule has 24 heavy (non-hydrogen) atoms. The molecule has 2 heterocycles. The highest BCUT2D eigenvalue weighted by atomic mass is 79.9. The van der Waals surface area contributed by atoms with Crippen LogP contribution in [0.1, 0.15) is 0 Å². The first-order valence-corrected chi connectivity index (χ1v) is 7.71. The molecule has 0 aliphatic heterocycles. The SMILES string of the molecule is COc1ccc2c(Nc3c(F)cncc3OC)c(N)c(Br)nc2c1. The zero-order chi connectivity index (χ0) is 17.3. The van der Waals surface area contributed by atoms with Crippen LogP contribution in [0, 0.1) is 5.82 Å². The number of halogens is 2. The van der Waals surface area contributed by atoms with Gasteiger partial charge >= 0.3 is 0 Å². The van der Waals surface area contributed by atoms with Crippen molar-refractivity contribution in [1.82, 2.24) is 9.97 Å². The number of ether oxygens (including phenoxy) is 2. The van der Waals surface area contributed by atoms with E-state index >= 15 is 0 Å². The lowest BCUT2D eigenvalue weighted by atomic mass is 10.1. The molecule has 0 bridgehead atoms. The van der Waals surface area contributed by atoms with Gasteiger partial charge in [-0.2, -0.15) is 0 Å². The van der Waals surface area contributed by atoms with Crippen LogP contribution >= 0.6 is 15.9 Å². The highest BCUT2D eigenvalue weighted by molar-refractivity contribution is 9.10. The van der Waals surface area contributed by atoms with Crippen LogP contribution in [0.25, 0.3) is 10.9 Å². The summed E-state index contributed by atoms with van der Waals surface area (Å²) in [7, 11) is 3.01. The Morgan fingerprint density at radius 1 is 1.17 bits per heavy atom. The molecule has 3 aromatic rings. The van der Waals surface area contributed by atoms with Gasteiger partial charge in [-0.1, -0.05) is 0 Å². The maximum atomic E-state index is 14.2. The molecule has 0 aliphatic rings. The van der Waals surface area contributed by atoms with E-state index in [1.165, 1.54) is 13.3 Å². The summed E-state index contributed by atoms with van der Waals surface area (Å²) in [4.78, 5) is 8.16. The number of methoxy groups -OCH3 is 2. The van der Waals surface area contributed by atoms with E-state index in [9.17, 15) is 4.39 Å². The van der Waals surface area contributed by atoms with Gasteiger partial charge in [0, 0.05) is 11.5 Å². The molecule has 2 aromatic heterocycles. The number of hydrogen-bond acceptors (Lipinski definition) is 6. The van der Waals surface area contributed by atoms with Gasteiger partial charge in [0.15, 0.2) is 11.6 Å². The first kappa shape index (κ1) is 16.3. The number of rotatable bonds is 4. The fourth-order valence-electron chi connectivity index (χ4n) is 2.31. The molecule has 1 aromatic carbocycles. The minimum absolute atomic E-state index is 0.148. The second-order valence-electron chi connectivity index (χ2n) is 4.90. The minimum Gasteiger partial charge on any atom is -0.497 e. The summed E-state index contributed by atoms with van der Waals surface area (Å²) in [6.45, 7) is 0. The number of nitrogens with zero attached hydrogens (tertiary/aromatic N) is 2. The smallest absolute Gasteiger partial charge is 0.168 e. The predicted molar refractivity (Wildman–Crippen MR) is 94.4 cm³/mol. The average molecular weight is 393 g/mol. The Kier molecular flexibility index (Phi) is 4.39. The Balaban J connectivity index is 2.21. The van der Waals surface area contributed by atoms with Crippen LogP contribution < -0.4 is 20.5 Å². The van der Waals surface area contributed by atoms with Crippen molar-refractivity contribution in [3.63, 3.8) is 0 Å². The van der Waals surface area contributed by atoms with Gasteiger partial charge < -0.3 is 20.5 Å². The Labute approximate surface area is 145 Å². The quantitative estimate of drug-likeness (QED) is 0.655. The first-order chi connectivity index (χ1) is 11.5. The number of fused-ring (bicyclic) bond motifs is 1. The maximum absolute atomic E-state index is 14.2. The van der Waals surface area contributed by atoms with Crippen molar-refractivity contribution in [2.24, 2.45) is 0 Å². The Morgan fingerprint density at radius 3 is 2.67 bits per heavy atom. The second kappa shape index (κ2) is 6.48. The number of benzene rings is 1. The van der Waals surface area contributed by atoms with E-state index in [-0.39, 0.29) is 11.4 Å². The van der Waals surface area contributed by atoms with Crippen LogP contribution in [0.2, 0.25) is 0 Å². The van der Waals surface area contributed by atoms with Crippen LogP contribution in [0.4, 0.5) is 21.5 Å². The molecule has 0 spiro atoms.